The number of amides is 2. The summed E-state index contributed by atoms with van der Waals surface area (Å²) in [5.74, 6) is 0.230. The van der Waals surface area contributed by atoms with E-state index in [9.17, 15) is 4.79 Å². The Bertz CT molecular complexity index is 309. The molecule has 0 aromatic heterocycles. The van der Waals surface area contributed by atoms with Gasteiger partial charge >= 0.3 is 6.03 Å². The molecule has 1 saturated carbocycles. The van der Waals surface area contributed by atoms with E-state index in [1.54, 1.807) is 0 Å². The van der Waals surface area contributed by atoms with Crippen LogP contribution in [0.4, 0.5) is 4.79 Å². The van der Waals surface area contributed by atoms with Gasteiger partial charge in [-0.05, 0) is 39.5 Å². The normalized spacial score (nSPS) is 23.5. The molecule has 0 aromatic rings. The zero-order valence-electron chi connectivity index (χ0n) is 12.3. The maximum absolute atomic E-state index is 11.7. The molecule has 1 aliphatic heterocycles. The summed E-state index contributed by atoms with van der Waals surface area (Å²) in [4.78, 5) is 11.7. The Kier molecular flexibility index (Phi) is 4.36. The van der Waals surface area contributed by atoms with E-state index in [1.807, 2.05) is 20.8 Å². The first-order valence-corrected chi connectivity index (χ1v) is 7.23. The van der Waals surface area contributed by atoms with Gasteiger partial charge in [-0.25, -0.2) is 4.79 Å². The van der Waals surface area contributed by atoms with E-state index in [2.05, 4.69) is 10.6 Å². The maximum Gasteiger partial charge on any atom is 0.315 e. The van der Waals surface area contributed by atoms with Crippen LogP contribution in [0.2, 0.25) is 0 Å². The molecule has 5 nitrogen and oxygen atoms in total. The average molecular weight is 270 g/mol. The first-order valence-electron chi connectivity index (χ1n) is 7.23. The highest BCUT2D eigenvalue weighted by atomic mass is 16.7. The van der Waals surface area contributed by atoms with Crippen LogP contribution in [-0.4, -0.2) is 37.1 Å². The van der Waals surface area contributed by atoms with Crippen LogP contribution < -0.4 is 10.6 Å². The van der Waals surface area contributed by atoms with Crippen LogP contribution in [0.3, 0.4) is 0 Å². The number of hydrogen-bond donors (Lipinski definition) is 2. The van der Waals surface area contributed by atoms with Crippen molar-refractivity contribution in [3.05, 3.63) is 0 Å². The molecular formula is C14H26N2O3. The summed E-state index contributed by atoms with van der Waals surface area (Å²) in [7, 11) is 0. The molecule has 2 N–H and O–H groups in total. The minimum Gasteiger partial charge on any atom is -0.348 e. The Balaban J connectivity index is 1.67. The van der Waals surface area contributed by atoms with Gasteiger partial charge in [0, 0.05) is 24.9 Å². The first-order chi connectivity index (χ1) is 8.89. The van der Waals surface area contributed by atoms with Gasteiger partial charge in [-0.2, -0.15) is 0 Å². The largest absolute Gasteiger partial charge is 0.348 e. The quantitative estimate of drug-likeness (QED) is 0.807. The fourth-order valence-electron chi connectivity index (χ4n) is 2.73. The lowest BCUT2D eigenvalue weighted by Gasteiger charge is -2.35. The number of hydrogen-bond acceptors (Lipinski definition) is 3. The predicted molar refractivity (Wildman–Crippen MR) is 72.9 cm³/mol. The highest BCUT2D eigenvalue weighted by Gasteiger charge is 2.40. The Morgan fingerprint density at radius 1 is 1.21 bits per heavy atom. The predicted octanol–water partition coefficient (Wildman–Crippen LogP) is 2.02. The summed E-state index contributed by atoms with van der Waals surface area (Å²) in [6, 6.07) is -0.0823. The Morgan fingerprint density at radius 2 is 1.79 bits per heavy atom. The van der Waals surface area contributed by atoms with Gasteiger partial charge < -0.3 is 20.1 Å². The van der Waals surface area contributed by atoms with Crippen molar-refractivity contribution in [2.75, 3.05) is 19.8 Å². The summed E-state index contributed by atoms with van der Waals surface area (Å²) in [5, 5.41) is 5.86. The third kappa shape index (κ3) is 4.35. The van der Waals surface area contributed by atoms with E-state index in [4.69, 9.17) is 9.47 Å². The molecule has 1 heterocycles. The third-order valence-corrected chi connectivity index (χ3v) is 3.72. The van der Waals surface area contributed by atoms with Gasteiger partial charge in [0.2, 0.25) is 0 Å². The van der Waals surface area contributed by atoms with Crippen LogP contribution in [0.1, 0.15) is 46.5 Å². The number of carbonyl (C=O) groups excluding carboxylic acids is 1. The fraction of sp³-hybridized carbons (Fsp3) is 0.929. The van der Waals surface area contributed by atoms with Crippen LogP contribution in [0.15, 0.2) is 0 Å². The topological polar surface area (TPSA) is 59.6 Å². The molecule has 2 fully saturated rings. The number of urea groups is 1. The highest BCUT2D eigenvalue weighted by molar-refractivity contribution is 5.74. The second-order valence-corrected chi connectivity index (χ2v) is 6.64. The van der Waals surface area contributed by atoms with Crippen LogP contribution in [0.25, 0.3) is 0 Å². The minimum atomic E-state index is -0.301. The number of carbonyl (C=O) groups is 1. The highest BCUT2D eigenvalue weighted by Crippen LogP contribution is 2.37. The van der Waals surface area contributed by atoms with Crippen molar-refractivity contribution in [3.63, 3.8) is 0 Å². The summed E-state index contributed by atoms with van der Waals surface area (Å²) in [5.41, 5.74) is -0.188. The molecule has 2 aliphatic rings. The Hall–Kier alpha value is -0.810. The smallest absolute Gasteiger partial charge is 0.315 e. The van der Waals surface area contributed by atoms with Crippen molar-refractivity contribution in [1.29, 1.82) is 0 Å². The standard InChI is InChI=1S/C14H26N2O3/c1-13(2,3)16-12(17)15-10-11-4-6-14(7-5-11)18-8-9-19-14/h11H,4-10H2,1-3H3,(H2,15,16,17). The lowest BCUT2D eigenvalue weighted by atomic mass is 9.85. The maximum atomic E-state index is 11.7. The zero-order valence-corrected chi connectivity index (χ0v) is 12.3. The molecule has 1 spiro atoms. The molecule has 0 bridgehead atoms. The fourth-order valence-corrected chi connectivity index (χ4v) is 2.73. The Labute approximate surface area is 115 Å². The lowest BCUT2D eigenvalue weighted by molar-refractivity contribution is -0.182. The van der Waals surface area contributed by atoms with Crippen molar-refractivity contribution < 1.29 is 14.3 Å². The monoisotopic (exact) mass is 270 g/mol. The molecular weight excluding hydrogens is 244 g/mol. The van der Waals surface area contributed by atoms with Gasteiger partial charge in [-0.1, -0.05) is 0 Å². The Morgan fingerprint density at radius 3 is 2.32 bits per heavy atom. The molecule has 19 heavy (non-hydrogen) atoms. The van der Waals surface area contributed by atoms with Crippen LogP contribution in [-0.2, 0) is 9.47 Å². The molecule has 0 radical (unpaired) electrons. The lowest BCUT2D eigenvalue weighted by Crippen LogP contribution is -2.48. The van der Waals surface area contributed by atoms with Gasteiger partial charge in [0.05, 0.1) is 13.2 Å². The van der Waals surface area contributed by atoms with Crippen molar-refractivity contribution >= 4 is 6.03 Å². The van der Waals surface area contributed by atoms with Crippen molar-refractivity contribution in [1.82, 2.24) is 10.6 Å². The van der Waals surface area contributed by atoms with E-state index in [0.717, 1.165) is 45.4 Å². The molecule has 0 aromatic carbocycles. The van der Waals surface area contributed by atoms with Crippen molar-refractivity contribution in [3.8, 4) is 0 Å². The average Bonchev–Trinajstić information content (AvgIpc) is 2.75. The second-order valence-electron chi connectivity index (χ2n) is 6.64. The third-order valence-electron chi connectivity index (χ3n) is 3.72. The molecule has 1 saturated heterocycles. The number of ether oxygens (including phenoxy) is 2. The van der Waals surface area contributed by atoms with E-state index in [1.165, 1.54) is 0 Å². The summed E-state index contributed by atoms with van der Waals surface area (Å²) in [6.07, 6.45) is 3.99. The summed E-state index contributed by atoms with van der Waals surface area (Å²) < 4.78 is 11.4. The SMILES string of the molecule is CC(C)(C)NC(=O)NCC1CCC2(CC1)OCCO2. The molecule has 110 valence electrons. The minimum absolute atomic E-state index is 0.0823. The van der Waals surface area contributed by atoms with Crippen LogP contribution in [0, 0.1) is 5.92 Å². The zero-order chi connectivity index (χ0) is 13.9. The van der Waals surface area contributed by atoms with E-state index < -0.39 is 0 Å². The first kappa shape index (κ1) is 14.6. The van der Waals surface area contributed by atoms with Gasteiger partial charge in [-0.15, -0.1) is 0 Å². The number of nitrogens with one attached hydrogen (secondary N) is 2. The molecule has 1 aliphatic carbocycles. The van der Waals surface area contributed by atoms with Gasteiger partial charge in [-0.3, -0.25) is 0 Å². The van der Waals surface area contributed by atoms with E-state index in [0.29, 0.717) is 5.92 Å². The summed E-state index contributed by atoms with van der Waals surface area (Å²) in [6.45, 7) is 8.11. The van der Waals surface area contributed by atoms with E-state index in [-0.39, 0.29) is 17.4 Å². The van der Waals surface area contributed by atoms with Gasteiger partial charge in [0.25, 0.3) is 0 Å². The van der Waals surface area contributed by atoms with Gasteiger partial charge in [0.15, 0.2) is 5.79 Å². The molecule has 0 unspecified atom stereocenters. The molecule has 2 amide bonds. The van der Waals surface area contributed by atoms with Crippen LogP contribution >= 0.6 is 0 Å². The van der Waals surface area contributed by atoms with Crippen LogP contribution in [0.5, 0.6) is 0 Å². The van der Waals surface area contributed by atoms with Crippen molar-refractivity contribution in [2.45, 2.75) is 57.8 Å². The van der Waals surface area contributed by atoms with Crippen molar-refractivity contribution in [2.24, 2.45) is 5.92 Å². The summed E-state index contributed by atoms with van der Waals surface area (Å²) >= 11 is 0. The van der Waals surface area contributed by atoms with Gasteiger partial charge in [0.1, 0.15) is 0 Å². The molecule has 2 rings (SSSR count). The second kappa shape index (κ2) is 5.67. The molecule has 0 atom stereocenters. The van der Waals surface area contributed by atoms with E-state index >= 15 is 0 Å². The molecule has 5 heteroatoms. The number of rotatable bonds is 2.